The Morgan fingerprint density at radius 3 is 2.21 bits per heavy atom. The molecule has 2 rings (SSSR count). The van der Waals surface area contributed by atoms with E-state index in [0.29, 0.717) is 0 Å². The van der Waals surface area contributed by atoms with Gasteiger partial charge in [-0.05, 0) is 32.9 Å². The number of ether oxygens (including phenoxy) is 1. The molecule has 0 bridgehead atoms. The lowest BCUT2D eigenvalue weighted by atomic mass is 10.2. The lowest BCUT2D eigenvalue weighted by Gasteiger charge is -2.16. The first-order valence-electron chi connectivity index (χ1n) is 4.33. The minimum Gasteiger partial charge on any atom is -0.444 e. The quantitative estimate of drug-likeness (QED) is 0.697. The Bertz CT molecular complexity index is 325. The summed E-state index contributed by atoms with van der Waals surface area (Å²) in [5.41, 5.74) is 6.76. The lowest BCUT2D eigenvalue weighted by molar-refractivity contribution is 0.0600. The third kappa shape index (κ3) is 3.89. The highest BCUT2D eigenvalue weighted by molar-refractivity contribution is 5.75. The predicted molar refractivity (Wildman–Crippen MR) is 53.7 cm³/mol. The van der Waals surface area contributed by atoms with Crippen molar-refractivity contribution in [3.8, 4) is 11.3 Å². The molecule has 0 saturated heterocycles. The number of fused-ring (bicyclic) bond motifs is 1. The Hall–Kier alpha value is -1.58. The smallest absolute Gasteiger partial charge is 0.405 e. The Labute approximate surface area is 83.1 Å². The summed E-state index contributed by atoms with van der Waals surface area (Å²) in [7, 11) is 0. The van der Waals surface area contributed by atoms with Gasteiger partial charge < -0.3 is 10.5 Å². The van der Waals surface area contributed by atoms with E-state index < -0.39 is 11.7 Å². The van der Waals surface area contributed by atoms with Crippen molar-refractivity contribution in [1.82, 2.24) is 4.98 Å². The van der Waals surface area contributed by atoms with Crippen LogP contribution in [0.15, 0.2) is 18.3 Å². The maximum atomic E-state index is 10.0. The first kappa shape index (κ1) is 10.5. The predicted octanol–water partition coefficient (Wildman–Crippen LogP) is 1.94. The van der Waals surface area contributed by atoms with Crippen molar-refractivity contribution in [1.29, 1.82) is 0 Å². The van der Waals surface area contributed by atoms with Gasteiger partial charge in [0, 0.05) is 11.8 Å². The first-order chi connectivity index (χ1) is 6.38. The summed E-state index contributed by atoms with van der Waals surface area (Å²) in [5, 5.41) is 0. The molecule has 1 amide bonds. The molecule has 0 aromatic heterocycles. The molecule has 0 aromatic rings. The van der Waals surface area contributed by atoms with Gasteiger partial charge in [0.05, 0.1) is 5.69 Å². The van der Waals surface area contributed by atoms with E-state index in [9.17, 15) is 4.79 Å². The fourth-order valence-electron chi connectivity index (χ4n) is 0.856. The second-order valence-electron chi connectivity index (χ2n) is 3.96. The Kier molecular flexibility index (Phi) is 2.74. The number of primary amides is 1. The number of amides is 1. The number of hydrogen-bond acceptors (Lipinski definition) is 3. The third-order valence-corrected chi connectivity index (χ3v) is 1.38. The molecule has 14 heavy (non-hydrogen) atoms. The summed E-state index contributed by atoms with van der Waals surface area (Å²) in [6.07, 6.45) is 1.10. The van der Waals surface area contributed by atoms with E-state index in [1.54, 1.807) is 20.8 Å². The van der Waals surface area contributed by atoms with E-state index >= 15 is 0 Å². The number of aromatic nitrogens is 1. The van der Waals surface area contributed by atoms with E-state index in [1.165, 1.54) is 11.3 Å². The molecule has 0 saturated carbocycles. The largest absolute Gasteiger partial charge is 0.444 e. The highest BCUT2D eigenvalue weighted by Gasteiger charge is 2.12. The van der Waals surface area contributed by atoms with E-state index in [2.05, 4.69) is 15.8 Å². The van der Waals surface area contributed by atoms with Crippen molar-refractivity contribution < 1.29 is 9.53 Å². The first-order valence-corrected chi connectivity index (χ1v) is 4.33. The molecule has 0 aromatic carbocycles. The maximum Gasteiger partial charge on any atom is 0.405 e. The zero-order valence-corrected chi connectivity index (χ0v) is 8.57. The van der Waals surface area contributed by atoms with Gasteiger partial charge in [0.1, 0.15) is 5.60 Å². The van der Waals surface area contributed by atoms with E-state index in [4.69, 9.17) is 5.73 Å². The van der Waals surface area contributed by atoms with Gasteiger partial charge in [-0.1, -0.05) is 0 Å². The van der Waals surface area contributed by atoms with Crippen LogP contribution in [0.5, 0.6) is 0 Å². The SMILES string of the molecule is CC(C)(C)OC(N)=O.c1cc2cc-2n1. The van der Waals surface area contributed by atoms with Crippen LogP contribution in [0, 0.1) is 0 Å². The average molecular weight is 194 g/mol. The van der Waals surface area contributed by atoms with Crippen LogP contribution in [-0.2, 0) is 4.74 Å². The fourth-order valence-corrected chi connectivity index (χ4v) is 0.856. The molecule has 1 aliphatic heterocycles. The standard InChI is InChI=1S/C5H11NO2.C5H3N/c1-5(2,3)8-4(6)7;1-2-6-5-3-4(1)5/h1-3H3,(H2,6,7);1-3H. The highest BCUT2D eigenvalue weighted by atomic mass is 16.6. The zero-order chi connectivity index (χ0) is 10.8. The summed E-state index contributed by atoms with van der Waals surface area (Å²) in [4.78, 5) is 14.0. The molecule has 2 N–H and O–H groups in total. The molecular formula is C10H14N2O2. The fraction of sp³-hybridized carbons (Fsp3) is 0.400. The molecule has 0 unspecified atom stereocenters. The summed E-state index contributed by atoms with van der Waals surface area (Å²) < 4.78 is 4.58. The summed E-state index contributed by atoms with van der Waals surface area (Å²) in [6.45, 7) is 5.28. The van der Waals surface area contributed by atoms with Gasteiger partial charge in [-0.25, -0.2) is 4.79 Å². The number of carbonyl (C=O) groups is 1. The van der Waals surface area contributed by atoms with Crippen molar-refractivity contribution in [2.45, 2.75) is 26.4 Å². The van der Waals surface area contributed by atoms with Gasteiger partial charge in [0.25, 0.3) is 0 Å². The molecule has 0 atom stereocenters. The van der Waals surface area contributed by atoms with Crippen LogP contribution in [0.3, 0.4) is 0 Å². The Morgan fingerprint density at radius 2 is 2.14 bits per heavy atom. The van der Waals surface area contributed by atoms with Crippen molar-refractivity contribution in [2.75, 3.05) is 0 Å². The van der Waals surface area contributed by atoms with Gasteiger partial charge in [-0.2, -0.15) is 0 Å². The normalized spacial score (nSPS) is 11.1. The number of carbonyl (C=O) groups excluding carboxylic acids is 1. The minimum absolute atomic E-state index is 0.453. The zero-order valence-electron chi connectivity index (χ0n) is 8.57. The van der Waals surface area contributed by atoms with Crippen molar-refractivity contribution in [3.05, 3.63) is 18.3 Å². The molecule has 1 heterocycles. The summed E-state index contributed by atoms with van der Waals surface area (Å²) in [5.74, 6) is 0. The van der Waals surface area contributed by atoms with Crippen LogP contribution < -0.4 is 5.73 Å². The molecule has 0 radical (unpaired) electrons. The van der Waals surface area contributed by atoms with Crippen LogP contribution >= 0.6 is 0 Å². The number of nitrogens with two attached hydrogens (primary N) is 1. The average Bonchev–Trinajstić information content (AvgIpc) is 2.55. The highest BCUT2D eigenvalue weighted by Crippen LogP contribution is 2.29. The molecule has 4 heteroatoms. The van der Waals surface area contributed by atoms with Crippen molar-refractivity contribution in [2.24, 2.45) is 5.73 Å². The Balaban J connectivity index is 0.000000143. The number of hydrogen-bond donors (Lipinski definition) is 1. The van der Waals surface area contributed by atoms with Gasteiger partial charge in [-0.3, -0.25) is 4.98 Å². The molecule has 76 valence electrons. The van der Waals surface area contributed by atoms with Gasteiger partial charge in [0.15, 0.2) is 0 Å². The third-order valence-electron chi connectivity index (χ3n) is 1.38. The number of rotatable bonds is 0. The van der Waals surface area contributed by atoms with Gasteiger partial charge in [-0.15, -0.1) is 0 Å². The molecule has 4 nitrogen and oxygen atoms in total. The monoisotopic (exact) mass is 194 g/mol. The van der Waals surface area contributed by atoms with Crippen LogP contribution in [-0.4, -0.2) is 16.7 Å². The van der Waals surface area contributed by atoms with Gasteiger partial charge in [0.2, 0.25) is 0 Å². The second-order valence-corrected chi connectivity index (χ2v) is 3.96. The van der Waals surface area contributed by atoms with E-state index in [-0.39, 0.29) is 0 Å². The van der Waals surface area contributed by atoms with Crippen LogP contribution in [0.4, 0.5) is 4.79 Å². The van der Waals surface area contributed by atoms with E-state index in [0.717, 1.165) is 0 Å². The van der Waals surface area contributed by atoms with E-state index in [1.807, 2.05) is 12.3 Å². The topological polar surface area (TPSA) is 65.2 Å². The minimum atomic E-state index is -0.725. The molecule has 0 spiro atoms. The summed E-state index contributed by atoms with van der Waals surface area (Å²) in [6, 6.07) is 4.06. The lowest BCUT2D eigenvalue weighted by Crippen LogP contribution is -2.27. The van der Waals surface area contributed by atoms with Gasteiger partial charge >= 0.3 is 6.09 Å². The van der Waals surface area contributed by atoms with Crippen molar-refractivity contribution in [3.63, 3.8) is 0 Å². The number of nitrogens with zero attached hydrogens (tertiary/aromatic N) is 1. The van der Waals surface area contributed by atoms with Crippen LogP contribution in [0.2, 0.25) is 0 Å². The molecule has 1 aliphatic carbocycles. The molecule has 2 aliphatic rings. The Morgan fingerprint density at radius 1 is 1.50 bits per heavy atom. The van der Waals surface area contributed by atoms with Crippen LogP contribution in [0.25, 0.3) is 11.3 Å². The molecule has 0 fully saturated rings. The molecular weight excluding hydrogens is 180 g/mol. The second kappa shape index (κ2) is 3.65. The maximum absolute atomic E-state index is 10.0. The number of pyridine rings is 1. The van der Waals surface area contributed by atoms with Crippen molar-refractivity contribution >= 4 is 6.09 Å². The summed E-state index contributed by atoms with van der Waals surface area (Å²) >= 11 is 0. The van der Waals surface area contributed by atoms with Crippen LogP contribution in [0.1, 0.15) is 20.8 Å².